The highest BCUT2D eigenvalue weighted by Gasteiger charge is 2.14. The first-order valence-electron chi connectivity index (χ1n) is 6.53. The summed E-state index contributed by atoms with van der Waals surface area (Å²) in [7, 11) is 1.84. The zero-order chi connectivity index (χ0) is 14.7. The minimum Gasteiger partial charge on any atom is -0.438 e. The van der Waals surface area contributed by atoms with Crippen LogP contribution in [0.1, 0.15) is 23.6 Å². The fourth-order valence-corrected chi connectivity index (χ4v) is 2.50. The fraction of sp³-hybridized carbons (Fsp3) is 0.333. The maximum Gasteiger partial charge on any atom is 0.227 e. The van der Waals surface area contributed by atoms with Crippen LogP contribution in [-0.4, -0.2) is 17.0 Å². The summed E-state index contributed by atoms with van der Waals surface area (Å²) >= 11 is 6.04. The van der Waals surface area contributed by atoms with Gasteiger partial charge in [-0.25, -0.2) is 9.97 Å². The average molecular weight is 292 g/mol. The van der Waals surface area contributed by atoms with Crippen molar-refractivity contribution in [3.05, 3.63) is 40.2 Å². The number of ether oxygens (including phenoxy) is 1. The lowest BCUT2D eigenvalue weighted by Crippen LogP contribution is -2.03. The summed E-state index contributed by atoms with van der Waals surface area (Å²) in [4.78, 5) is 8.46. The summed E-state index contributed by atoms with van der Waals surface area (Å²) in [5.41, 5.74) is 2.94. The molecule has 0 bridgehead atoms. The van der Waals surface area contributed by atoms with Crippen LogP contribution in [0.15, 0.2) is 18.5 Å². The number of aromatic nitrogens is 2. The van der Waals surface area contributed by atoms with E-state index in [9.17, 15) is 0 Å². The number of benzene rings is 1. The van der Waals surface area contributed by atoms with Gasteiger partial charge < -0.3 is 10.1 Å². The molecule has 0 amide bonds. The third-order valence-corrected chi connectivity index (χ3v) is 3.34. The molecule has 0 atom stereocenters. The molecule has 1 aromatic carbocycles. The van der Waals surface area contributed by atoms with Crippen LogP contribution in [0.2, 0.25) is 5.02 Å². The Morgan fingerprint density at radius 2 is 1.85 bits per heavy atom. The molecular formula is C15H18ClN3O. The molecule has 1 aromatic heterocycles. The molecule has 5 heteroatoms. The first kappa shape index (κ1) is 14.6. The van der Waals surface area contributed by atoms with Gasteiger partial charge in [-0.2, -0.15) is 0 Å². The summed E-state index contributed by atoms with van der Waals surface area (Å²) in [6, 6.07) is 3.77. The van der Waals surface area contributed by atoms with Gasteiger partial charge in [-0.1, -0.05) is 18.5 Å². The van der Waals surface area contributed by atoms with Crippen molar-refractivity contribution in [1.82, 2.24) is 9.97 Å². The van der Waals surface area contributed by atoms with Crippen molar-refractivity contribution in [2.24, 2.45) is 0 Å². The van der Waals surface area contributed by atoms with E-state index in [-0.39, 0.29) is 0 Å². The van der Waals surface area contributed by atoms with Gasteiger partial charge in [0.2, 0.25) is 5.88 Å². The Morgan fingerprint density at radius 1 is 1.20 bits per heavy atom. The number of nitrogens with zero attached hydrogens (tertiary/aromatic N) is 2. The van der Waals surface area contributed by atoms with E-state index in [0.717, 1.165) is 34.7 Å². The maximum atomic E-state index is 6.04. The molecule has 0 fully saturated rings. The average Bonchev–Trinajstić information content (AvgIpc) is 2.42. The molecule has 1 heterocycles. The molecule has 0 radical (unpaired) electrons. The Balaban J connectivity index is 2.45. The van der Waals surface area contributed by atoms with Gasteiger partial charge in [-0.05, 0) is 43.5 Å². The van der Waals surface area contributed by atoms with Crippen LogP contribution in [0.25, 0.3) is 0 Å². The van der Waals surface area contributed by atoms with Crippen LogP contribution in [0.3, 0.4) is 0 Å². The van der Waals surface area contributed by atoms with Gasteiger partial charge in [0.15, 0.2) is 0 Å². The molecule has 106 valence electrons. The minimum atomic E-state index is 0.584. The molecule has 0 aliphatic rings. The van der Waals surface area contributed by atoms with Gasteiger partial charge in [0.1, 0.15) is 17.9 Å². The molecule has 4 nitrogen and oxygen atoms in total. The molecule has 2 rings (SSSR count). The van der Waals surface area contributed by atoms with E-state index in [1.165, 1.54) is 6.33 Å². The van der Waals surface area contributed by atoms with Gasteiger partial charge in [0.25, 0.3) is 0 Å². The predicted molar refractivity (Wildman–Crippen MR) is 82.0 cm³/mol. The third kappa shape index (κ3) is 2.85. The Bertz CT molecular complexity index is 606. The van der Waals surface area contributed by atoms with Crippen molar-refractivity contribution in [2.45, 2.75) is 27.2 Å². The Hall–Kier alpha value is -1.81. The third-order valence-electron chi connectivity index (χ3n) is 3.12. The quantitative estimate of drug-likeness (QED) is 0.919. The summed E-state index contributed by atoms with van der Waals surface area (Å²) in [6.07, 6.45) is 2.29. The molecule has 0 aliphatic heterocycles. The number of hydrogen-bond acceptors (Lipinski definition) is 4. The first-order chi connectivity index (χ1) is 9.56. The normalized spacial score (nSPS) is 10.4. The van der Waals surface area contributed by atoms with Crippen molar-refractivity contribution in [3.63, 3.8) is 0 Å². The largest absolute Gasteiger partial charge is 0.438 e. The van der Waals surface area contributed by atoms with Crippen molar-refractivity contribution in [2.75, 3.05) is 12.4 Å². The number of rotatable bonds is 4. The standard InChI is InChI=1S/C15H18ClN3O/c1-5-12-14(17-4)18-8-19-15(12)20-13-9(2)6-11(16)7-10(13)3/h6-8H,5H2,1-4H3,(H,17,18,19). The van der Waals surface area contributed by atoms with Crippen molar-refractivity contribution in [1.29, 1.82) is 0 Å². The van der Waals surface area contributed by atoms with E-state index in [2.05, 4.69) is 15.3 Å². The summed E-state index contributed by atoms with van der Waals surface area (Å²) < 4.78 is 6.01. The highest BCUT2D eigenvalue weighted by atomic mass is 35.5. The second kappa shape index (κ2) is 6.09. The van der Waals surface area contributed by atoms with Crippen LogP contribution >= 0.6 is 11.6 Å². The molecule has 0 saturated heterocycles. The van der Waals surface area contributed by atoms with E-state index >= 15 is 0 Å². The van der Waals surface area contributed by atoms with Crippen molar-refractivity contribution >= 4 is 17.4 Å². The van der Waals surface area contributed by atoms with Gasteiger partial charge in [-0.3, -0.25) is 0 Å². The van der Waals surface area contributed by atoms with Crippen molar-refractivity contribution < 1.29 is 4.74 Å². The van der Waals surface area contributed by atoms with E-state index < -0.39 is 0 Å². The van der Waals surface area contributed by atoms with Crippen molar-refractivity contribution in [3.8, 4) is 11.6 Å². The smallest absolute Gasteiger partial charge is 0.227 e. The minimum absolute atomic E-state index is 0.584. The Morgan fingerprint density at radius 3 is 2.40 bits per heavy atom. The highest BCUT2D eigenvalue weighted by molar-refractivity contribution is 6.30. The highest BCUT2D eigenvalue weighted by Crippen LogP contribution is 2.33. The van der Waals surface area contributed by atoms with E-state index in [4.69, 9.17) is 16.3 Å². The summed E-state index contributed by atoms with van der Waals surface area (Å²) in [6.45, 7) is 5.99. The molecular weight excluding hydrogens is 274 g/mol. The zero-order valence-corrected chi connectivity index (χ0v) is 12.9. The number of hydrogen-bond donors (Lipinski definition) is 1. The molecule has 2 aromatic rings. The SMILES string of the molecule is CCc1c(NC)ncnc1Oc1c(C)cc(Cl)cc1C. The molecule has 0 saturated carbocycles. The summed E-state index contributed by atoms with van der Waals surface area (Å²) in [5.74, 6) is 2.17. The number of halogens is 1. The van der Waals surface area contributed by atoms with Crippen LogP contribution in [0, 0.1) is 13.8 Å². The van der Waals surface area contributed by atoms with Crippen LogP contribution in [0.5, 0.6) is 11.6 Å². The Kier molecular flexibility index (Phi) is 4.45. The molecule has 0 aliphatic carbocycles. The number of nitrogens with one attached hydrogen (secondary N) is 1. The lowest BCUT2D eigenvalue weighted by molar-refractivity contribution is 0.449. The van der Waals surface area contributed by atoms with Gasteiger partial charge >= 0.3 is 0 Å². The molecule has 0 spiro atoms. The van der Waals surface area contributed by atoms with Crippen LogP contribution in [0.4, 0.5) is 5.82 Å². The lowest BCUT2D eigenvalue weighted by Gasteiger charge is -2.15. The Labute approximate surface area is 124 Å². The van der Waals surface area contributed by atoms with Gasteiger partial charge in [0.05, 0.1) is 5.56 Å². The molecule has 0 unspecified atom stereocenters. The predicted octanol–water partition coefficient (Wildman–Crippen LogP) is 4.14. The second-order valence-electron chi connectivity index (χ2n) is 4.58. The van der Waals surface area contributed by atoms with Gasteiger partial charge in [-0.15, -0.1) is 0 Å². The monoisotopic (exact) mass is 291 g/mol. The summed E-state index contributed by atoms with van der Waals surface area (Å²) in [5, 5.41) is 3.77. The molecule has 1 N–H and O–H groups in total. The lowest BCUT2D eigenvalue weighted by atomic mass is 10.1. The second-order valence-corrected chi connectivity index (χ2v) is 5.02. The van der Waals surface area contributed by atoms with Gasteiger partial charge in [0, 0.05) is 12.1 Å². The topological polar surface area (TPSA) is 47.0 Å². The van der Waals surface area contributed by atoms with E-state index in [1.807, 2.05) is 40.0 Å². The maximum absolute atomic E-state index is 6.04. The number of aryl methyl sites for hydroxylation is 2. The van der Waals surface area contributed by atoms with Crippen LogP contribution < -0.4 is 10.1 Å². The van der Waals surface area contributed by atoms with E-state index in [0.29, 0.717) is 10.9 Å². The zero-order valence-electron chi connectivity index (χ0n) is 12.1. The number of anilines is 1. The van der Waals surface area contributed by atoms with Crippen LogP contribution in [-0.2, 0) is 6.42 Å². The first-order valence-corrected chi connectivity index (χ1v) is 6.90. The fourth-order valence-electron chi connectivity index (χ4n) is 2.17. The molecule has 20 heavy (non-hydrogen) atoms. The van der Waals surface area contributed by atoms with E-state index in [1.54, 1.807) is 0 Å².